The molecule has 0 spiro atoms. The predicted molar refractivity (Wildman–Crippen MR) is 135 cm³/mol. The average Bonchev–Trinajstić information content (AvgIpc) is 3.46. The lowest BCUT2D eigenvalue weighted by atomic mass is 9.71. The molecular formula is C28H39N3O3. The van der Waals surface area contributed by atoms with Gasteiger partial charge in [-0.05, 0) is 65.0 Å². The summed E-state index contributed by atoms with van der Waals surface area (Å²) in [6.45, 7) is 8.91. The number of carbonyl (C=O) groups is 2. The first kappa shape index (κ1) is 24.5. The maximum absolute atomic E-state index is 13.4. The van der Waals surface area contributed by atoms with Crippen LogP contribution in [0.5, 0.6) is 0 Å². The number of hydrogen-bond donors (Lipinski definition) is 1. The first-order chi connectivity index (χ1) is 16.3. The molecule has 4 rings (SSSR count). The van der Waals surface area contributed by atoms with Crippen molar-refractivity contribution in [1.29, 1.82) is 0 Å². The van der Waals surface area contributed by atoms with Gasteiger partial charge in [0.15, 0.2) is 0 Å². The number of carbonyl (C=O) groups excluding carboxylic acids is 2. The van der Waals surface area contributed by atoms with Gasteiger partial charge in [-0.2, -0.15) is 0 Å². The molecule has 1 aromatic carbocycles. The van der Waals surface area contributed by atoms with Gasteiger partial charge in [0, 0.05) is 31.1 Å². The van der Waals surface area contributed by atoms with E-state index in [1.165, 1.54) is 11.1 Å². The molecule has 3 aliphatic rings. The zero-order valence-electron chi connectivity index (χ0n) is 20.9. The minimum absolute atomic E-state index is 0.0929. The van der Waals surface area contributed by atoms with Crippen molar-refractivity contribution in [3.05, 3.63) is 59.7 Å². The highest BCUT2D eigenvalue weighted by atomic mass is 16.6. The SMILES string of the molecule is CC(C)(C)OC(=O)NCC1CCCN1CC(=O)N1CCC(C2=CC=CCC2)(c2ccccc2)C1. The zero-order valence-corrected chi connectivity index (χ0v) is 20.9. The van der Waals surface area contributed by atoms with Gasteiger partial charge in [-0.3, -0.25) is 9.69 Å². The van der Waals surface area contributed by atoms with Gasteiger partial charge in [0.2, 0.25) is 5.91 Å². The molecule has 2 atom stereocenters. The molecule has 1 aromatic rings. The molecule has 1 N–H and O–H groups in total. The Morgan fingerprint density at radius 1 is 1.18 bits per heavy atom. The van der Waals surface area contributed by atoms with Crippen molar-refractivity contribution in [1.82, 2.24) is 15.1 Å². The minimum atomic E-state index is -0.514. The molecule has 2 amide bonds. The molecule has 6 nitrogen and oxygen atoms in total. The summed E-state index contributed by atoms with van der Waals surface area (Å²) < 4.78 is 5.36. The van der Waals surface area contributed by atoms with Crippen LogP contribution in [0.4, 0.5) is 4.79 Å². The summed E-state index contributed by atoms with van der Waals surface area (Å²) in [5.41, 5.74) is 2.15. The summed E-state index contributed by atoms with van der Waals surface area (Å²) in [5.74, 6) is 0.189. The number of alkyl carbamates (subject to hydrolysis) is 1. The van der Waals surface area contributed by atoms with Crippen LogP contribution in [0.3, 0.4) is 0 Å². The molecule has 2 saturated heterocycles. The Morgan fingerprint density at radius 2 is 1.97 bits per heavy atom. The summed E-state index contributed by atoms with van der Waals surface area (Å²) in [4.78, 5) is 29.8. The third-order valence-electron chi connectivity index (χ3n) is 7.30. The van der Waals surface area contributed by atoms with E-state index in [0.717, 1.165) is 51.7 Å². The topological polar surface area (TPSA) is 61.9 Å². The standard InChI is InChI=1S/C28H39N3O3/c1-27(2,3)34-26(33)29-19-24-15-10-17-30(24)20-25(32)31-18-16-28(21-31,22-11-6-4-7-12-22)23-13-8-5-9-14-23/h4-8,11-13,24H,9-10,14-21H2,1-3H3,(H,29,33). The van der Waals surface area contributed by atoms with Crippen LogP contribution in [0.2, 0.25) is 0 Å². The zero-order chi connectivity index (χ0) is 24.2. The molecule has 2 aliphatic heterocycles. The molecule has 2 heterocycles. The summed E-state index contributed by atoms with van der Waals surface area (Å²) in [6.07, 6.45) is 11.4. The summed E-state index contributed by atoms with van der Waals surface area (Å²) in [6, 6.07) is 10.9. The molecule has 184 valence electrons. The fraction of sp³-hybridized carbons (Fsp3) is 0.571. The highest BCUT2D eigenvalue weighted by molar-refractivity contribution is 5.79. The Kier molecular flexibility index (Phi) is 7.46. The van der Waals surface area contributed by atoms with Gasteiger partial charge in [-0.1, -0.05) is 54.1 Å². The fourth-order valence-corrected chi connectivity index (χ4v) is 5.59. The number of likely N-dealkylation sites (tertiary alicyclic amines) is 2. The Labute approximate surface area is 204 Å². The Bertz CT molecular complexity index is 934. The maximum atomic E-state index is 13.4. The quantitative estimate of drug-likeness (QED) is 0.676. The summed E-state index contributed by atoms with van der Waals surface area (Å²) in [5, 5.41) is 2.89. The average molecular weight is 466 g/mol. The van der Waals surface area contributed by atoms with Gasteiger partial charge in [-0.25, -0.2) is 4.79 Å². The number of hydrogen-bond acceptors (Lipinski definition) is 4. The van der Waals surface area contributed by atoms with E-state index in [1.54, 1.807) is 0 Å². The monoisotopic (exact) mass is 465 g/mol. The van der Waals surface area contributed by atoms with E-state index >= 15 is 0 Å². The van der Waals surface area contributed by atoms with Crippen molar-refractivity contribution in [2.75, 3.05) is 32.7 Å². The lowest BCUT2D eigenvalue weighted by Gasteiger charge is -2.34. The van der Waals surface area contributed by atoms with Crippen molar-refractivity contribution in [3.63, 3.8) is 0 Å². The molecule has 2 fully saturated rings. The number of benzene rings is 1. The fourth-order valence-electron chi connectivity index (χ4n) is 5.59. The largest absolute Gasteiger partial charge is 0.444 e. The Balaban J connectivity index is 1.39. The van der Waals surface area contributed by atoms with E-state index in [0.29, 0.717) is 13.1 Å². The van der Waals surface area contributed by atoms with E-state index in [4.69, 9.17) is 4.74 Å². The van der Waals surface area contributed by atoms with E-state index in [-0.39, 0.29) is 17.4 Å². The van der Waals surface area contributed by atoms with Crippen LogP contribution in [0, 0.1) is 0 Å². The molecule has 2 unspecified atom stereocenters. The van der Waals surface area contributed by atoms with E-state index in [2.05, 4.69) is 63.7 Å². The first-order valence-electron chi connectivity index (χ1n) is 12.7. The molecule has 34 heavy (non-hydrogen) atoms. The van der Waals surface area contributed by atoms with Crippen molar-refractivity contribution >= 4 is 12.0 Å². The first-order valence-corrected chi connectivity index (χ1v) is 12.7. The van der Waals surface area contributed by atoms with E-state index in [9.17, 15) is 9.59 Å². The molecule has 0 saturated carbocycles. The third-order valence-corrected chi connectivity index (χ3v) is 7.30. The van der Waals surface area contributed by atoms with Crippen molar-refractivity contribution < 1.29 is 14.3 Å². The second-order valence-electron chi connectivity index (χ2n) is 10.8. The summed E-state index contributed by atoms with van der Waals surface area (Å²) >= 11 is 0. The number of nitrogens with one attached hydrogen (secondary N) is 1. The van der Waals surface area contributed by atoms with Crippen LogP contribution in [0.1, 0.15) is 58.4 Å². The van der Waals surface area contributed by atoms with Crippen LogP contribution in [0.15, 0.2) is 54.1 Å². The second kappa shape index (κ2) is 10.3. The Hall–Kier alpha value is -2.60. The van der Waals surface area contributed by atoms with Crippen LogP contribution in [0.25, 0.3) is 0 Å². The molecule has 0 aromatic heterocycles. The maximum Gasteiger partial charge on any atom is 0.407 e. The van der Waals surface area contributed by atoms with Crippen molar-refractivity contribution in [2.45, 2.75) is 69.9 Å². The lowest BCUT2D eigenvalue weighted by Crippen LogP contribution is -2.46. The van der Waals surface area contributed by atoms with Crippen LogP contribution >= 0.6 is 0 Å². The van der Waals surface area contributed by atoms with Crippen molar-refractivity contribution in [3.8, 4) is 0 Å². The lowest BCUT2D eigenvalue weighted by molar-refractivity contribution is -0.131. The van der Waals surface area contributed by atoms with Crippen molar-refractivity contribution in [2.24, 2.45) is 0 Å². The molecule has 0 radical (unpaired) electrons. The van der Waals surface area contributed by atoms with Gasteiger partial charge in [0.05, 0.1) is 6.54 Å². The minimum Gasteiger partial charge on any atom is -0.444 e. The molecule has 6 heteroatoms. The number of nitrogens with zero attached hydrogens (tertiary/aromatic N) is 2. The normalized spacial score (nSPS) is 25.3. The predicted octanol–water partition coefficient (Wildman–Crippen LogP) is 4.42. The number of allylic oxidation sites excluding steroid dienone is 3. The third kappa shape index (κ3) is 5.72. The number of rotatable bonds is 6. The van der Waals surface area contributed by atoms with E-state index in [1.807, 2.05) is 20.8 Å². The molecule has 0 bridgehead atoms. The molecular weight excluding hydrogens is 426 g/mol. The Morgan fingerprint density at radius 3 is 2.68 bits per heavy atom. The van der Waals surface area contributed by atoms with Crippen LogP contribution in [-0.2, 0) is 14.9 Å². The highest BCUT2D eigenvalue weighted by Crippen LogP contribution is 2.43. The second-order valence-corrected chi connectivity index (χ2v) is 10.8. The van der Waals surface area contributed by atoms with Gasteiger partial charge in [0.1, 0.15) is 5.60 Å². The summed E-state index contributed by atoms with van der Waals surface area (Å²) in [7, 11) is 0. The van der Waals surface area contributed by atoms with E-state index < -0.39 is 11.7 Å². The highest BCUT2D eigenvalue weighted by Gasteiger charge is 2.44. The molecule has 1 aliphatic carbocycles. The number of ether oxygens (including phenoxy) is 1. The smallest absolute Gasteiger partial charge is 0.407 e. The number of amides is 2. The van der Waals surface area contributed by atoms with Gasteiger partial charge in [-0.15, -0.1) is 0 Å². The van der Waals surface area contributed by atoms with Gasteiger partial charge in [0.25, 0.3) is 0 Å². The van der Waals surface area contributed by atoms with Crippen LogP contribution < -0.4 is 5.32 Å². The van der Waals surface area contributed by atoms with Gasteiger partial charge >= 0.3 is 6.09 Å². The van der Waals surface area contributed by atoms with Gasteiger partial charge < -0.3 is 15.0 Å². The van der Waals surface area contributed by atoms with Crippen LogP contribution in [-0.4, -0.2) is 66.2 Å².